The molecule has 0 unspecified atom stereocenters. The second-order valence-corrected chi connectivity index (χ2v) is 6.63. The van der Waals surface area contributed by atoms with E-state index >= 15 is 0 Å². The highest BCUT2D eigenvalue weighted by atomic mass is 79.9. The molecule has 100 valence electrons. The van der Waals surface area contributed by atoms with Gasteiger partial charge in [-0.1, -0.05) is 22.4 Å². The van der Waals surface area contributed by atoms with E-state index in [1.807, 2.05) is 0 Å². The number of imide groups is 1. The Morgan fingerprint density at radius 3 is 2.47 bits per heavy atom. The van der Waals surface area contributed by atoms with Gasteiger partial charge < -0.3 is 0 Å². The first-order valence-electron chi connectivity index (χ1n) is 6.33. The molecule has 19 heavy (non-hydrogen) atoms. The van der Waals surface area contributed by atoms with Gasteiger partial charge in [-0.05, 0) is 42.2 Å². The number of rotatable bonds is 3. The van der Waals surface area contributed by atoms with Crippen molar-refractivity contribution in [3.8, 4) is 0 Å². The standard InChI is InChI=1S/C14H14BrNO2S/c15-9-2-3-10-11(6-9)13(18)16(12(10)17)7-14(8-19)4-1-5-14/h2-3,6,19H,1,4-5,7-8H2. The second-order valence-electron chi connectivity index (χ2n) is 5.40. The van der Waals surface area contributed by atoms with Crippen molar-refractivity contribution in [2.75, 3.05) is 12.3 Å². The number of hydrogen-bond donors (Lipinski definition) is 1. The Kier molecular flexibility index (Phi) is 3.21. The molecule has 1 aromatic rings. The maximum Gasteiger partial charge on any atom is 0.261 e. The van der Waals surface area contributed by atoms with Crippen LogP contribution in [0.25, 0.3) is 0 Å². The van der Waals surface area contributed by atoms with Crippen molar-refractivity contribution < 1.29 is 9.59 Å². The van der Waals surface area contributed by atoms with Crippen LogP contribution in [0.4, 0.5) is 0 Å². The zero-order valence-corrected chi connectivity index (χ0v) is 12.8. The van der Waals surface area contributed by atoms with Crippen LogP contribution in [0.5, 0.6) is 0 Å². The maximum absolute atomic E-state index is 12.4. The SMILES string of the molecule is O=C1c2ccc(Br)cc2C(=O)N1CC1(CS)CCC1. The van der Waals surface area contributed by atoms with Gasteiger partial charge in [-0.25, -0.2) is 0 Å². The molecule has 1 aliphatic heterocycles. The molecular weight excluding hydrogens is 326 g/mol. The van der Waals surface area contributed by atoms with E-state index in [-0.39, 0.29) is 17.2 Å². The molecule has 1 fully saturated rings. The molecule has 0 spiro atoms. The summed E-state index contributed by atoms with van der Waals surface area (Å²) in [5.41, 5.74) is 1.06. The summed E-state index contributed by atoms with van der Waals surface area (Å²) in [5, 5.41) is 0. The van der Waals surface area contributed by atoms with Crippen molar-refractivity contribution in [3.63, 3.8) is 0 Å². The van der Waals surface area contributed by atoms with Crippen LogP contribution in [-0.4, -0.2) is 29.0 Å². The van der Waals surface area contributed by atoms with Gasteiger partial charge in [0.25, 0.3) is 11.8 Å². The van der Waals surface area contributed by atoms with Crippen LogP contribution in [0, 0.1) is 5.41 Å². The molecule has 3 nitrogen and oxygen atoms in total. The van der Waals surface area contributed by atoms with Gasteiger partial charge in [-0.3, -0.25) is 14.5 Å². The van der Waals surface area contributed by atoms with E-state index in [0.717, 1.165) is 29.5 Å². The van der Waals surface area contributed by atoms with Crippen LogP contribution >= 0.6 is 28.6 Å². The smallest absolute Gasteiger partial charge is 0.261 e. The molecule has 5 heteroatoms. The predicted octanol–water partition coefficient (Wildman–Crippen LogP) is 3.15. The first kappa shape index (κ1) is 13.2. The molecule has 0 N–H and O–H groups in total. The maximum atomic E-state index is 12.4. The molecule has 1 aliphatic carbocycles. The Hall–Kier alpha value is -0.810. The number of halogens is 1. The first-order chi connectivity index (χ1) is 9.06. The molecule has 3 rings (SSSR count). The van der Waals surface area contributed by atoms with Gasteiger partial charge in [0.05, 0.1) is 11.1 Å². The molecule has 0 saturated heterocycles. The first-order valence-corrected chi connectivity index (χ1v) is 7.75. The normalized spacial score (nSPS) is 20.4. The summed E-state index contributed by atoms with van der Waals surface area (Å²) in [4.78, 5) is 26.1. The van der Waals surface area contributed by atoms with E-state index in [2.05, 4.69) is 28.6 Å². The topological polar surface area (TPSA) is 37.4 Å². The third-order valence-corrected chi connectivity index (χ3v) is 5.34. The predicted molar refractivity (Wildman–Crippen MR) is 79.6 cm³/mol. The van der Waals surface area contributed by atoms with Gasteiger partial charge in [0, 0.05) is 11.0 Å². The van der Waals surface area contributed by atoms with E-state index in [1.165, 1.54) is 4.90 Å². The summed E-state index contributed by atoms with van der Waals surface area (Å²) >= 11 is 7.72. The van der Waals surface area contributed by atoms with Gasteiger partial charge in [0.2, 0.25) is 0 Å². The van der Waals surface area contributed by atoms with Crippen LogP contribution in [0.15, 0.2) is 22.7 Å². The fraction of sp³-hybridized carbons (Fsp3) is 0.429. The van der Waals surface area contributed by atoms with Crippen molar-refractivity contribution in [1.82, 2.24) is 4.90 Å². The van der Waals surface area contributed by atoms with Crippen LogP contribution in [0.1, 0.15) is 40.0 Å². The van der Waals surface area contributed by atoms with Crippen LogP contribution in [0.2, 0.25) is 0 Å². The third kappa shape index (κ3) is 2.03. The van der Waals surface area contributed by atoms with E-state index < -0.39 is 0 Å². The van der Waals surface area contributed by atoms with Crippen molar-refractivity contribution in [1.29, 1.82) is 0 Å². The monoisotopic (exact) mass is 339 g/mol. The van der Waals surface area contributed by atoms with Crippen molar-refractivity contribution in [3.05, 3.63) is 33.8 Å². The van der Waals surface area contributed by atoms with Gasteiger partial charge in [0.1, 0.15) is 0 Å². The summed E-state index contributed by atoms with van der Waals surface area (Å²) in [7, 11) is 0. The lowest BCUT2D eigenvalue weighted by Gasteiger charge is -2.42. The van der Waals surface area contributed by atoms with E-state index in [4.69, 9.17) is 0 Å². The highest BCUT2D eigenvalue weighted by Crippen LogP contribution is 2.43. The molecule has 2 amide bonds. The average molecular weight is 340 g/mol. The fourth-order valence-corrected chi connectivity index (χ4v) is 3.56. The van der Waals surface area contributed by atoms with Gasteiger partial charge >= 0.3 is 0 Å². The summed E-state index contributed by atoms with van der Waals surface area (Å²) < 4.78 is 0.821. The molecule has 1 aromatic carbocycles. The molecule has 1 saturated carbocycles. The number of hydrogen-bond acceptors (Lipinski definition) is 3. The Morgan fingerprint density at radius 1 is 1.21 bits per heavy atom. The largest absolute Gasteiger partial charge is 0.274 e. The lowest BCUT2D eigenvalue weighted by Crippen LogP contribution is -2.45. The van der Waals surface area contributed by atoms with Crippen LogP contribution in [-0.2, 0) is 0 Å². The molecule has 0 radical (unpaired) electrons. The Bertz CT molecular complexity index is 563. The number of fused-ring (bicyclic) bond motifs is 1. The van der Waals surface area contributed by atoms with Gasteiger partial charge in [0.15, 0.2) is 0 Å². The van der Waals surface area contributed by atoms with Crippen LogP contribution in [0.3, 0.4) is 0 Å². The summed E-state index contributed by atoms with van der Waals surface area (Å²) in [6.45, 7) is 0.500. The number of carbonyl (C=O) groups excluding carboxylic acids is 2. The van der Waals surface area contributed by atoms with Crippen molar-refractivity contribution in [2.24, 2.45) is 5.41 Å². The number of nitrogens with zero attached hydrogens (tertiary/aromatic N) is 1. The molecule has 0 bridgehead atoms. The minimum atomic E-state index is -0.172. The van der Waals surface area contributed by atoms with E-state index in [1.54, 1.807) is 18.2 Å². The summed E-state index contributed by atoms with van der Waals surface area (Å²) in [6, 6.07) is 5.24. The highest BCUT2D eigenvalue weighted by Gasteiger charge is 2.44. The number of carbonyl (C=O) groups is 2. The quantitative estimate of drug-likeness (QED) is 0.678. The summed E-state index contributed by atoms with van der Waals surface area (Å²) in [5.74, 6) is 0.388. The Labute approximate surface area is 125 Å². The second kappa shape index (κ2) is 4.63. The minimum Gasteiger partial charge on any atom is -0.274 e. The molecule has 1 heterocycles. The van der Waals surface area contributed by atoms with Gasteiger partial charge in [-0.2, -0.15) is 12.6 Å². The molecule has 0 aromatic heterocycles. The lowest BCUT2D eigenvalue weighted by atomic mass is 9.70. The average Bonchev–Trinajstić information content (AvgIpc) is 2.58. The zero-order valence-electron chi connectivity index (χ0n) is 10.4. The number of amides is 2. The fourth-order valence-electron chi connectivity index (χ4n) is 2.78. The van der Waals surface area contributed by atoms with Crippen molar-refractivity contribution >= 4 is 40.4 Å². The van der Waals surface area contributed by atoms with Gasteiger partial charge in [-0.15, -0.1) is 0 Å². The minimum absolute atomic E-state index is 0.0354. The molecule has 2 aliphatic rings. The molecular formula is C14H14BrNO2S. The zero-order chi connectivity index (χ0) is 13.6. The van der Waals surface area contributed by atoms with E-state index in [9.17, 15) is 9.59 Å². The third-order valence-electron chi connectivity index (χ3n) is 4.18. The molecule has 0 atom stereocenters. The Morgan fingerprint density at radius 2 is 1.89 bits per heavy atom. The van der Waals surface area contributed by atoms with E-state index in [0.29, 0.717) is 17.7 Å². The number of benzene rings is 1. The Balaban J connectivity index is 1.90. The van der Waals surface area contributed by atoms with Crippen LogP contribution < -0.4 is 0 Å². The van der Waals surface area contributed by atoms with Crippen molar-refractivity contribution in [2.45, 2.75) is 19.3 Å². The highest BCUT2D eigenvalue weighted by molar-refractivity contribution is 9.10. The number of thiol groups is 1. The summed E-state index contributed by atoms with van der Waals surface area (Å²) in [6.07, 6.45) is 3.26. The lowest BCUT2D eigenvalue weighted by molar-refractivity contribution is 0.0486.